The zero-order chi connectivity index (χ0) is 12.4. The van der Waals surface area contributed by atoms with Crippen LogP contribution in [0.3, 0.4) is 0 Å². The monoisotopic (exact) mass is 284 g/mol. The molecule has 1 aromatic rings. The first-order chi connectivity index (χ1) is 8.83. The summed E-state index contributed by atoms with van der Waals surface area (Å²) < 4.78 is 10.5. The summed E-state index contributed by atoms with van der Waals surface area (Å²) in [6.45, 7) is 2.08. The topological polar surface area (TPSA) is 59.6 Å². The van der Waals surface area contributed by atoms with E-state index in [0.29, 0.717) is 5.75 Å². The van der Waals surface area contributed by atoms with Gasteiger partial charge in [-0.25, -0.2) is 0 Å². The molecule has 2 N–H and O–H groups in total. The molecule has 0 saturated carbocycles. The number of rotatable bonds is 2. The molecule has 0 unspecified atom stereocenters. The molecule has 1 amide bonds. The summed E-state index contributed by atoms with van der Waals surface area (Å²) >= 11 is 0. The predicted molar refractivity (Wildman–Crippen MR) is 74.0 cm³/mol. The van der Waals surface area contributed by atoms with Crippen LogP contribution < -0.4 is 20.1 Å². The van der Waals surface area contributed by atoms with Crippen LogP contribution in [0.25, 0.3) is 0 Å². The summed E-state index contributed by atoms with van der Waals surface area (Å²) in [6.07, 6.45) is 1.80. The van der Waals surface area contributed by atoms with Gasteiger partial charge >= 0.3 is 0 Å². The Labute approximate surface area is 118 Å². The van der Waals surface area contributed by atoms with Gasteiger partial charge in [0.1, 0.15) is 0 Å². The van der Waals surface area contributed by atoms with Gasteiger partial charge in [-0.1, -0.05) is 0 Å². The van der Waals surface area contributed by atoms with Crippen molar-refractivity contribution in [1.29, 1.82) is 0 Å². The maximum atomic E-state index is 12.1. The molecule has 0 radical (unpaired) electrons. The normalized spacial score (nSPS) is 17.7. The second-order valence-corrected chi connectivity index (χ2v) is 4.58. The van der Waals surface area contributed by atoms with E-state index in [1.165, 1.54) is 0 Å². The molecule has 0 aromatic heterocycles. The molecule has 5 nitrogen and oxygen atoms in total. The SMILES string of the molecule is Cl.O=C(Nc1ccc2c(c1)OCO2)C1CCNCC1. The molecule has 2 aliphatic rings. The zero-order valence-corrected chi connectivity index (χ0v) is 11.3. The Morgan fingerprint density at radius 2 is 1.95 bits per heavy atom. The Morgan fingerprint density at radius 1 is 1.21 bits per heavy atom. The third-order valence-corrected chi connectivity index (χ3v) is 3.35. The van der Waals surface area contributed by atoms with Crippen molar-refractivity contribution in [2.75, 3.05) is 25.2 Å². The molecular weight excluding hydrogens is 268 g/mol. The van der Waals surface area contributed by atoms with E-state index in [1.807, 2.05) is 12.1 Å². The molecule has 104 valence electrons. The Bertz CT molecular complexity index is 461. The molecule has 0 atom stereocenters. The van der Waals surface area contributed by atoms with Gasteiger partial charge in [0.15, 0.2) is 11.5 Å². The van der Waals surface area contributed by atoms with Crippen LogP contribution in [-0.4, -0.2) is 25.8 Å². The van der Waals surface area contributed by atoms with Gasteiger partial charge < -0.3 is 20.1 Å². The molecule has 3 rings (SSSR count). The highest BCUT2D eigenvalue weighted by molar-refractivity contribution is 5.93. The van der Waals surface area contributed by atoms with Gasteiger partial charge in [-0.2, -0.15) is 0 Å². The number of carbonyl (C=O) groups excluding carboxylic acids is 1. The second-order valence-electron chi connectivity index (χ2n) is 4.58. The van der Waals surface area contributed by atoms with Crippen molar-refractivity contribution in [2.24, 2.45) is 5.92 Å². The molecule has 0 bridgehead atoms. The number of anilines is 1. The number of benzene rings is 1. The van der Waals surface area contributed by atoms with Crippen LogP contribution in [0.2, 0.25) is 0 Å². The Morgan fingerprint density at radius 3 is 2.74 bits per heavy atom. The Balaban J connectivity index is 0.00000133. The van der Waals surface area contributed by atoms with Crippen molar-refractivity contribution in [3.63, 3.8) is 0 Å². The molecular formula is C13H17ClN2O3. The first-order valence-electron chi connectivity index (χ1n) is 6.24. The molecule has 1 fully saturated rings. The van der Waals surface area contributed by atoms with Crippen LogP contribution in [0, 0.1) is 5.92 Å². The van der Waals surface area contributed by atoms with Crippen LogP contribution in [0.5, 0.6) is 11.5 Å². The lowest BCUT2D eigenvalue weighted by molar-refractivity contribution is -0.120. The van der Waals surface area contributed by atoms with Gasteiger partial charge in [-0.15, -0.1) is 12.4 Å². The smallest absolute Gasteiger partial charge is 0.231 e. The van der Waals surface area contributed by atoms with Gasteiger partial charge in [0.05, 0.1) is 0 Å². The Kier molecular flexibility index (Phi) is 4.50. The maximum absolute atomic E-state index is 12.1. The minimum atomic E-state index is 0. The van der Waals surface area contributed by atoms with E-state index in [-0.39, 0.29) is 31.0 Å². The first-order valence-corrected chi connectivity index (χ1v) is 6.24. The van der Waals surface area contributed by atoms with Crippen molar-refractivity contribution >= 4 is 24.0 Å². The maximum Gasteiger partial charge on any atom is 0.231 e. The van der Waals surface area contributed by atoms with Crippen LogP contribution >= 0.6 is 12.4 Å². The number of ether oxygens (including phenoxy) is 2. The number of hydrogen-bond donors (Lipinski definition) is 2. The summed E-state index contributed by atoms with van der Waals surface area (Å²) in [5.41, 5.74) is 0.766. The van der Waals surface area contributed by atoms with E-state index in [0.717, 1.165) is 37.4 Å². The highest BCUT2D eigenvalue weighted by atomic mass is 35.5. The lowest BCUT2D eigenvalue weighted by Crippen LogP contribution is -2.34. The molecule has 6 heteroatoms. The van der Waals surface area contributed by atoms with E-state index < -0.39 is 0 Å². The second kappa shape index (κ2) is 6.12. The zero-order valence-electron chi connectivity index (χ0n) is 10.5. The fraction of sp³-hybridized carbons (Fsp3) is 0.462. The molecule has 0 aliphatic carbocycles. The fourth-order valence-electron chi connectivity index (χ4n) is 2.30. The number of piperidine rings is 1. The lowest BCUT2D eigenvalue weighted by Gasteiger charge is -2.21. The van der Waals surface area contributed by atoms with Crippen molar-refractivity contribution in [2.45, 2.75) is 12.8 Å². The molecule has 1 saturated heterocycles. The summed E-state index contributed by atoms with van der Waals surface area (Å²) in [7, 11) is 0. The Hall–Kier alpha value is -1.46. The van der Waals surface area contributed by atoms with Crippen molar-refractivity contribution in [1.82, 2.24) is 5.32 Å². The standard InChI is InChI=1S/C13H16N2O3.ClH/c16-13(9-3-5-14-6-4-9)15-10-1-2-11-12(7-10)18-8-17-11;/h1-2,7,9,14H,3-6,8H2,(H,15,16);1H. The van der Waals surface area contributed by atoms with Crippen molar-refractivity contribution in [3.05, 3.63) is 18.2 Å². The van der Waals surface area contributed by atoms with E-state index in [4.69, 9.17) is 9.47 Å². The minimum Gasteiger partial charge on any atom is -0.454 e. The van der Waals surface area contributed by atoms with Gasteiger partial charge in [0, 0.05) is 17.7 Å². The average Bonchev–Trinajstić information content (AvgIpc) is 2.87. The van der Waals surface area contributed by atoms with Crippen LogP contribution in [0.15, 0.2) is 18.2 Å². The highest BCUT2D eigenvalue weighted by Crippen LogP contribution is 2.34. The number of carbonyl (C=O) groups is 1. The third-order valence-electron chi connectivity index (χ3n) is 3.35. The summed E-state index contributed by atoms with van der Waals surface area (Å²) in [4.78, 5) is 12.1. The van der Waals surface area contributed by atoms with Gasteiger partial charge in [0.2, 0.25) is 12.7 Å². The minimum absolute atomic E-state index is 0. The highest BCUT2D eigenvalue weighted by Gasteiger charge is 2.21. The largest absolute Gasteiger partial charge is 0.454 e. The molecule has 2 aliphatic heterocycles. The van der Waals surface area contributed by atoms with Crippen molar-refractivity contribution in [3.8, 4) is 11.5 Å². The lowest BCUT2D eigenvalue weighted by atomic mass is 9.97. The van der Waals surface area contributed by atoms with E-state index in [1.54, 1.807) is 6.07 Å². The third kappa shape index (κ3) is 3.11. The number of nitrogens with one attached hydrogen (secondary N) is 2. The summed E-state index contributed by atoms with van der Waals surface area (Å²) in [5.74, 6) is 1.63. The predicted octanol–water partition coefficient (Wildman–Crippen LogP) is 1.78. The first kappa shape index (κ1) is 14.0. The van der Waals surface area contributed by atoms with E-state index in [9.17, 15) is 4.79 Å². The summed E-state index contributed by atoms with van der Waals surface area (Å²) in [6, 6.07) is 5.47. The molecule has 0 spiro atoms. The van der Waals surface area contributed by atoms with E-state index >= 15 is 0 Å². The number of halogens is 1. The number of hydrogen-bond acceptors (Lipinski definition) is 4. The average molecular weight is 285 g/mol. The van der Waals surface area contributed by atoms with Gasteiger partial charge in [-0.05, 0) is 38.1 Å². The van der Waals surface area contributed by atoms with Gasteiger partial charge in [0.25, 0.3) is 0 Å². The van der Waals surface area contributed by atoms with Gasteiger partial charge in [-0.3, -0.25) is 4.79 Å². The fourth-order valence-corrected chi connectivity index (χ4v) is 2.30. The molecule has 19 heavy (non-hydrogen) atoms. The number of fused-ring (bicyclic) bond motifs is 1. The van der Waals surface area contributed by atoms with E-state index in [2.05, 4.69) is 10.6 Å². The van der Waals surface area contributed by atoms with Crippen molar-refractivity contribution < 1.29 is 14.3 Å². The van der Waals surface area contributed by atoms with Crippen LogP contribution in [0.4, 0.5) is 5.69 Å². The number of amides is 1. The van der Waals surface area contributed by atoms with Crippen LogP contribution in [-0.2, 0) is 4.79 Å². The molecule has 1 aromatic carbocycles. The summed E-state index contributed by atoms with van der Waals surface area (Å²) in [5, 5.41) is 6.19. The molecule has 2 heterocycles. The quantitative estimate of drug-likeness (QED) is 0.869. The van der Waals surface area contributed by atoms with Crippen LogP contribution in [0.1, 0.15) is 12.8 Å².